The van der Waals surface area contributed by atoms with Crippen LogP contribution in [-0.4, -0.2) is 43.3 Å². The monoisotopic (exact) mass is 385 g/mol. The smallest absolute Gasteiger partial charge is 0.227 e. The van der Waals surface area contributed by atoms with Crippen molar-refractivity contribution in [2.75, 3.05) is 18.1 Å². The molecule has 0 aliphatic carbocycles. The molecule has 1 heterocycles. The molecule has 0 saturated carbocycles. The van der Waals surface area contributed by atoms with E-state index in [2.05, 4.69) is 19.1 Å². The van der Waals surface area contributed by atoms with Crippen molar-refractivity contribution in [1.29, 1.82) is 0 Å². The Balaban J connectivity index is 1.69. The van der Waals surface area contributed by atoms with Crippen molar-refractivity contribution < 1.29 is 13.2 Å². The van der Waals surface area contributed by atoms with Gasteiger partial charge in [0.2, 0.25) is 5.91 Å². The second-order valence-corrected chi connectivity index (χ2v) is 9.47. The molecule has 0 spiro atoms. The molecule has 0 N–H and O–H groups in total. The lowest BCUT2D eigenvalue weighted by atomic mass is 10.0. The fraction of sp³-hybridized carbons (Fsp3) is 0.409. The van der Waals surface area contributed by atoms with Gasteiger partial charge in [-0.2, -0.15) is 0 Å². The van der Waals surface area contributed by atoms with Crippen LogP contribution in [0.3, 0.4) is 0 Å². The van der Waals surface area contributed by atoms with E-state index in [4.69, 9.17) is 0 Å². The maximum atomic E-state index is 12.9. The molecule has 0 aromatic heterocycles. The highest BCUT2D eigenvalue weighted by Crippen LogP contribution is 2.22. The molecule has 2 aromatic carbocycles. The summed E-state index contributed by atoms with van der Waals surface area (Å²) in [5.74, 6) is 0.326. The quantitative estimate of drug-likeness (QED) is 0.730. The molecule has 4 nitrogen and oxygen atoms in total. The topological polar surface area (TPSA) is 54.5 Å². The Labute approximate surface area is 162 Å². The van der Waals surface area contributed by atoms with E-state index >= 15 is 0 Å². The molecule has 1 saturated heterocycles. The van der Waals surface area contributed by atoms with Crippen molar-refractivity contribution in [3.05, 3.63) is 60.2 Å². The van der Waals surface area contributed by atoms with Gasteiger partial charge >= 0.3 is 0 Å². The van der Waals surface area contributed by atoms with Crippen LogP contribution in [-0.2, 0) is 21.1 Å². The Kier molecular flexibility index (Phi) is 6.32. The van der Waals surface area contributed by atoms with Crippen molar-refractivity contribution in [3.63, 3.8) is 0 Å². The Hall–Kier alpha value is -2.14. The SMILES string of the molecule is CCCCN(C(=O)Cc1ccc(-c2ccccc2)cc1)C1CCS(=O)(=O)C1. The van der Waals surface area contributed by atoms with Gasteiger partial charge in [0.15, 0.2) is 9.84 Å². The minimum Gasteiger partial charge on any atom is -0.338 e. The molecule has 1 unspecified atom stereocenters. The summed E-state index contributed by atoms with van der Waals surface area (Å²) in [6.07, 6.45) is 2.75. The van der Waals surface area contributed by atoms with Gasteiger partial charge in [-0.1, -0.05) is 67.9 Å². The summed E-state index contributed by atoms with van der Waals surface area (Å²) in [6, 6.07) is 18.0. The van der Waals surface area contributed by atoms with E-state index < -0.39 is 9.84 Å². The van der Waals surface area contributed by atoms with Crippen LogP contribution in [0.4, 0.5) is 0 Å². The summed E-state index contributed by atoms with van der Waals surface area (Å²) in [4.78, 5) is 14.7. The van der Waals surface area contributed by atoms with E-state index in [1.165, 1.54) is 0 Å². The fourth-order valence-corrected chi connectivity index (χ4v) is 5.31. The molecular weight excluding hydrogens is 358 g/mol. The molecule has 0 bridgehead atoms. The molecule has 5 heteroatoms. The van der Waals surface area contributed by atoms with Crippen molar-refractivity contribution >= 4 is 15.7 Å². The van der Waals surface area contributed by atoms with Gasteiger partial charge in [0, 0.05) is 12.6 Å². The summed E-state index contributed by atoms with van der Waals surface area (Å²) in [7, 11) is -3.00. The van der Waals surface area contributed by atoms with E-state index in [0.29, 0.717) is 19.4 Å². The zero-order valence-electron chi connectivity index (χ0n) is 15.8. The lowest BCUT2D eigenvalue weighted by Gasteiger charge is -2.28. The largest absolute Gasteiger partial charge is 0.338 e. The van der Waals surface area contributed by atoms with Crippen molar-refractivity contribution in [3.8, 4) is 11.1 Å². The standard InChI is InChI=1S/C22H27NO3S/c1-2-3-14-23(21-13-15-27(25,26)17-21)22(24)16-18-9-11-20(12-10-18)19-7-5-4-6-8-19/h4-12,21H,2-3,13-17H2,1H3. The van der Waals surface area contributed by atoms with Gasteiger partial charge in [-0.25, -0.2) is 8.42 Å². The van der Waals surface area contributed by atoms with Crippen LogP contribution < -0.4 is 0 Å². The minimum absolute atomic E-state index is 0.0259. The highest BCUT2D eigenvalue weighted by Gasteiger charge is 2.34. The summed E-state index contributed by atoms with van der Waals surface area (Å²) in [5, 5.41) is 0. The number of hydrogen-bond donors (Lipinski definition) is 0. The Morgan fingerprint density at radius 1 is 1.04 bits per heavy atom. The number of amides is 1. The zero-order valence-corrected chi connectivity index (χ0v) is 16.6. The maximum Gasteiger partial charge on any atom is 0.227 e. The lowest BCUT2D eigenvalue weighted by molar-refractivity contribution is -0.132. The first-order valence-corrected chi connectivity index (χ1v) is 11.4. The molecule has 1 amide bonds. The van der Waals surface area contributed by atoms with Gasteiger partial charge in [-0.15, -0.1) is 0 Å². The van der Waals surface area contributed by atoms with Gasteiger partial charge in [-0.05, 0) is 29.5 Å². The number of unbranched alkanes of at least 4 members (excludes halogenated alkanes) is 1. The summed E-state index contributed by atoms with van der Waals surface area (Å²) in [6.45, 7) is 2.72. The highest BCUT2D eigenvalue weighted by atomic mass is 32.2. The number of rotatable bonds is 7. The summed E-state index contributed by atoms with van der Waals surface area (Å²) < 4.78 is 23.7. The maximum absolute atomic E-state index is 12.9. The number of carbonyl (C=O) groups excluding carboxylic acids is 1. The molecule has 1 atom stereocenters. The van der Waals surface area contributed by atoms with Crippen molar-refractivity contribution in [2.24, 2.45) is 0 Å². The van der Waals surface area contributed by atoms with Crippen molar-refractivity contribution in [1.82, 2.24) is 4.90 Å². The van der Waals surface area contributed by atoms with E-state index in [9.17, 15) is 13.2 Å². The van der Waals surface area contributed by atoms with Crippen molar-refractivity contribution in [2.45, 2.75) is 38.6 Å². The zero-order chi connectivity index (χ0) is 19.3. The average molecular weight is 386 g/mol. The number of sulfone groups is 1. The third-order valence-corrected chi connectivity index (χ3v) is 6.89. The van der Waals surface area contributed by atoms with E-state index in [1.54, 1.807) is 4.90 Å². The third kappa shape index (κ3) is 5.19. The highest BCUT2D eigenvalue weighted by molar-refractivity contribution is 7.91. The van der Waals surface area contributed by atoms with E-state index in [1.807, 2.05) is 42.5 Å². The first-order valence-electron chi connectivity index (χ1n) is 9.63. The van der Waals surface area contributed by atoms with Crippen LogP contribution in [0.25, 0.3) is 11.1 Å². The van der Waals surface area contributed by atoms with E-state index in [-0.39, 0.29) is 23.5 Å². The van der Waals surface area contributed by atoms with Crippen LogP contribution in [0.2, 0.25) is 0 Å². The molecule has 0 radical (unpaired) electrons. The van der Waals surface area contributed by atoms with Crippen LogP contribution in [0, 0.1) is 0 Å². The van der Waals surface area contributed by atoms with E-state index in [0.717, 1.165) is 29.5 Å². The van der Waals surface area contributed by atoms with Gasteiger partial charge < -0.3 is 4.90 Å². The summed E-state index contributed by atoms with van der Waals surface area (Å²) in [5.41, 5.74) is 3.23. The third-order valence-electron chi connectivity index (χ3n) is 5.14. The number of benzene rings is 2. The molecule has 1 aliphatic heterocycles. The summed E-state index contributed by atoms with van der Waals surface area (Å²) >= 11 is 0. The lowest BCUT2D eigenvalue weighted by Crippen LogP contribution is -2.42. The Morgan fingerprint density at radius 3 is 2.30 bits per heavy atom. The minimum atomic E-state index is -3.00. The van der Waals surface area contributed by atoms with Crippen LogP contribution in [0.5, 0.6) is 0 Å². The Bertz CT molecular complexity index is 860. The molecule has 27 heavy (non-hydrogen) atoms. The predicted octanol–water partition coefficient (Wildman–Crippen LogP) is 3.71. The van der Waals surface area contributed by atoms with Gasteiger partial charge in [0.1, 0.15) is 0 Å². The van der Waals surface area contributed by atoms with Gasteiger partial charge in [0.25, 0.3) is 0 Å². The Morgan fingerprint density at radius 2 is 1.70 bits per heavy atom. The first-order chi connectivity index (χ1) is 13.0. The molecule has 144 valence electrons. The normalized spacial score (nSPS) is 18.3. The number of carbonyl (C=O) groups is 1. The second kappa shape index (κ2) is 8.70. The van der Waals surface area contributed by atoms with Crippen LogP contribution in [0.15, 0.2) is 54.6 Å². The molecule has 2 aromatic rings. The van der Waals surface area contributed by atoms with Gasteiger partial charge in [0.05, 0.1) is 17.9 Å². The molecule has 1 fully saturated rings. The fourth-order valence-electron chi connectivity index (χ4n) is 3.58. The molecular formula is C22H27NO3S. The number of nitrogens with zero attached hydrogens (tertiary/aromatic N) is 1. The second-order valence-electron chi connectivity index (χ2n) is 7.24. The first kappa shape index (κ1) is 19.6. The van der Waals surface area contributed by atoms with Crippen LogP contribution in [0.1, 0.15) is 31.7 Å². The average Bonchev–Trinajstić information content (AvgIpc) is 3.03. The molecule has 3 rings (SSSR count). The molecule has 1 aliphatic rings. The number of hydrogen-bond acceptors (Lipinski definition) is 3. The van der Waals surface area contributed by atoms with Gasteiger partial charge in [-0.3, -0.25) is 4.79 Å². The predicted molar refractivity (Wildman–Crippen MR) is 109 cm³/mol. The van der Waals surface area contributed by atoms with Crippen LogP contribution >= 0.6 is 0 Å².